The molecule has 23 heavy (non-hydrogen) atoms. The Bertz CT molecular complexity index is 777. The van der Waals surface area contributed by atoms with Gasteiger partial charge in [0, 0.05) is 17.2 Å². The zero-order valence-corrected chi connectivity index (χ0v) is 13.0. The monoisotopic (exact) mass is 332 g/mol. The van der Waals surface area contributed by atoms with Gasteiger partial charge in [0.2, 0.25) is 6.79 Å². The molecular weight excluding hydrogens is 320 g/mol. The molecule has 1 heterocycles. The highest BCUT2D eigenvalue weighted by Crippen LogP contribution is 2.36. The highest BCUT2D eigenvalue weighted by atomic mass is 35.5. The van der Waals surface area contributed by atoms with Crippen LogP contribution in [0.3, 0.4) is 0 Å². The number of fused-ring (bicyclic) bond motifs is 1. The second-order valence-corrected chi connectivity index (χ2v) is 5.07. The van der Waals surface area contributed by atoms with Crippen LogP contribution in [-0.2, 0) is 0 Å². The predicted octanol–water partition coefficient (Wildman–Crippen LogP) is 2.84. The van der Waals surface area contributed by atoms with Crippen LogP contribution in [0.25, 0.3) is 0 Å². The number of hydrazone groups is 1. The molecule has 1 aliphatic heterocycles. The van der Waals surface area contributed by atoms with Crippen LogP contribution in [0.2, 0.25) is 5.02 Å². The molecule has 0 saturated carbocycles. The van der Waals surface area contributed by atoms with Crippen molar-refractivity contribution < 1.29 is 19.0 Å². The molecule has 0 saturated heterocycles. The van der Waals surface area contributed by atoms with Crippen molar-refractivity contribution in [3.05, 3.63) is 52.5 Å². The SMILES string of the molecule is COc1cccc(C(=O)N/N=C/c2cc3c(cc2Cl)OCO3)c1. The smallest absolute Gasteiger partial charge is 0.271 e. The summed E-state index contributed by atoms with van der Waals surface area (Å²) in [6.07, 6.45) is 1.45. The van der Waals surface area contributed by atoms with E-state index in [4.69, 9.17) is 25.8 Å². The molecule has 2 aromatic rings. The molecule has 0 spiro atoms. The Labute approximate surface area is 137 Å². The highest BCUT2D eigenvalue weighted by Gasteiger charge is 2.15. The largest absolute Gasteiger partial charge is 0.497 e. The third kappa shape index (κ3) is 3.37. The van der Waals surface area contributed by atoms with E-state index < -0.39 is 0 Å². The van der Waals surface area contributed by atoms with Gasteiger partial charge >= 0.3 is 0 Å². The summed E-state index contributed by atoms with van der Waals surface area (Å²) in [7, 11) is 1.54. The normalized spacial score (nSPS) is 12.4. The van der Waals surface area contributed by atoms with Gasteiger partial charge < -0.3 is 14.2 Å². The molecule has 0 radical (unpaired) electrons. The molecule has 0 unspecified atom stereocenters. The van der Waals surface area contributed by atoms with Crippen molar-refractivity contribution in [3.63, 3.8) is 0 Å². The van der Waals surface area contributed by atoms with Gasteiger partial charge in [-0.25, -0.2) is 5.43 Å². The van der Waals surface area contributed by atoms with Gasteiger partial charge in [0.1, 0.15) is 5.75 Å². The maximum Gasteiger partial charge on any atom is 0.271 e. The summed E-state index contributed by atoms with van der Waals surface area (Å²) < 4.78 is 15.6. The van der Waals surface area contributed by atoms with Crippen LogP contribution in [-0.4, -0.2) is 26.0 Å². The van der Waals surface area contributed by atoms with Gasteiger partial charge in [-0.05, 0) is 24.3 Å². The Morgan fingerprint density at radius 1 is 1.30 bits per heavy atom. The Morgan fingerprint density at radius 3 is 2.87 bits per heavy atom. The van der Waals surface area contributed by atoms with E-state index >= 15 is 0 Å². The van der Waals surface area contributed by atoms with E-state index in [0.29, 0.717) is 33.4 Å². The number of carbonyl (C=O) groups is 1. The maximum absolute atomic E-state index is 12.0. The summed E-state index contributed by atoms with van der Waals surface area (Å²) in [5.74, 6) is 1.43. The summed E-state index contributed by atoms with van der Waals surface area (Å²) in [6, 6.07) is 10.1. The first-order chi connectivity index (χ1) is 11.2. The first-order valence-electron chi connectivity index (χ1n) is 6.74. The summed E-state index contributed by atoms with van der Waals surface area (Å²) in [6.45, 7) is 0.166. The van der Waals surface area contributed by atoms with Crippen molar-refractivity contribution in [2.75, 3.05) is 13.9 Å². The van der Waals surface area contributed by atoms with Gasteiger partial charge in [-0.3, -0.25) is 4.79 Å². The van der Waals surface area contributed by atoms with Crippen LogP contribution in [0.15, 0.2) is 41.5 Å². The Morgan fingerprint density at radius 2 is 2.09 bits per heavy atom. The van der Waals surface area contributed by atoms with E-state index in [1.807, 2.05) is 0 Å². The Hall–Kier alpha value is -2.73. The van der Waals surface area contributed by atoms with Crippen molar-refractivity contribution in [2.24, 2.45) is 5.10 Å². The second kappa shape index (κ2) is 6.58. The number of hydrogen-bond acceptors (Lipinski definition) is 5. The summed E-state index contributed by atoms with van der Waals surface area (Å²) >= 11 is 6.12. The topological polar surface area (TPSA) is 69.2 Å². The van der Waals surface area contributed by atoms with Gasteiger partial charge in [0.05, 0.1) is 18.3 Å². The van der Waals surface area contributed by atoms with Crippen molar-refractivity contribution >= 4 is 23.7 Å². The molecule has 0 aliphatic carbocycles. The zero-order chi connectivity index (χ0) is 16.2. The molecular formula is C16H13ClN2O4. The minimum atomic E-state index is -0.350. The molecule has 0 fully saturated rings. The lowest BCUT2D eigenvalue weighted by molar-refractivity contribution is 0.0955. The molecule has 7 heteroatoms. The van der Waals surface area contributed by atoms with Gasteiger partial charge in [-0.1, -0.05) is 17.7 Å². The lowest BCUT2D eigenvalue weighted by Gasteiger charge is -2.03. The number of amides is 1. The summed E-state index contributed by atoms with van der Waals surface area (Å²) in [4.78, 5) is 12.0. The molecule has 1 N–H and O–H groups in total. The molecule has 1 amide bonds. The molecule has 6 nitrogen and oxygen atoms in total. The molecule has 0 aromatic heterocycles. The fourth-order valence-corrected chi connectivity index (χ4v) is 2.22. The molecule has 0 bridgehead atoms. The van der Waals surface area contributed by atoms with Crippen LogP contribution in [0.5, 0.6) is 17.2 Å². The molecule has 0 atom stereocenters. The van der Waals surface area contributed by atoms with Crippen LogP contribution >= 0.6 is 11.6 Å². The van der Waals surface area contributed by atoms with Gasteiger partial charge in [0.15, 0.2) is 11.5 Å². The Balaban J connectivity index is 1.70. The lowest BCUT2D eigenvalue weighted by Crippen LogP contribution is -2.17. The number of ether oxygens (including phenoxy) is 3. The van der Waals surface area contributed by atoms with Crippen molar-refractivity contribution in [3.8, 4) is 17.2 Å². The number of nitrogens with zero attached hydrogens (tertiary/aromatic N) is 1. The third-order valence-corrected chi connectivity index (χ3v) is 3.52. The lowest BCUT2D eigenvalue weighted by atomic mass is 10.2. The first kappa shape index (κ1) is 15.2. The summed E-state index contributed by atoms with van der Waals surface area (Å²) in [5.41, 5.74) is 3.49. The van der Waals surface area contributed by atoms with Crippen LogP contribution < -0.4 is 19.6 Å². The van der Waals surface area contributed by atoms with Crippen molar-refractivity contribution in [2.45, 2.75) is 0 Å². The van der Waals surface area contributed by atoms with E-state index in [2.05, 4.69) is 10.5 Å². The number of hydrogen-bond donors (Lipinski definition) is 1. The predicted molar refractivity (Wildman–Crippen MR) is 85.6 cm³/mol. The van der Waals surface area contributed by atoms with E-state index in [1.54, 1.807) is 36.4 Å². The number of rotatable bonds is 4. The quantitative estimate of drug-likeness (QED) is 0.690. The van der Waals surface area contributed by atoms with Gasteiger partial charge in [-0.15, -0.1) is 0 Å². The van der Waals surface area contributed by atoms with E-state index in [9.17, 15) is 4.79 Å². The standard InChI is InChI=1S/C16H13ClN2O4/c1-21-12-4-2-3-10(5-12)16(20)19-18-8-11-6-14-15(7-13(11)17)23-9-22-14/h2-8H,9H2,1H3,(H,19,20)/b18-8+. The van der Waals surface area contributed by atoms with Crippen molar-refractivity contribution in [1.29, 1.82) is 0 Å². The van der Waals surface area contributed by atoms with E-state index in [-0.39, 0.29) is 12.7 Å². The first-order valence-corrected chi connectivity index (χ1v) is 7.12. The molecule has 2 aromatic carbocycles. The van der Waals surface area contributed by atoms with E-state index in [1.165, 1.54) is 13.3 Å². The van der Waals surface area contributed by atoms with E-state index in [0.717, 1.165) is 0 Å². The van der Waals surface area contributed by atoms with Gasteiger partial charge in [-0.2, -0.15) is 5.10 Å². The highest BCUT2D eigenvalue weighted by molar-refractivity contribution is 6.33. The number of halogens is 1. The summed E-state index contributed by atoms with van der Waals surface area (Å²) in [5, 5.41) is 4.37. The minimum absolute atomic E-state index is 0.166. The van der Waals surface area contributed by atoms with Crippen molar-refractivity contribution in [1.82, 2.24) is 5.43 Å². The molecule has 118 valence electrons. The zero-order valence-electron chi connectivity index (χ0n) is 12.2. The van der Waals surface area contributed by atoms with Gasteiger partial charge in [0.25, 0.3) is 5.91 Å². The number of benzene rings is 2. The number of carbonyl (C=O) groups excluding carboxylic acids is 1. The third-order valence-electron chi connectivity index (χ3n) is 3.19. The average molecular weight is 333 g/mol. The maximum atomic E-state index is 12.0. The molecule has 3 rings (SSSR count). The van der Waals surface area contributed by atoms with Crippen LogP contribution in [0.1, 0.15) is 15.9 Å². The number of methoxy groups -OCH3 is 1. The Kier molecular flexibility index (Phi) is 4.34. The van der Waals surface area contributed by atoms with Crippen LogP contribution in [0.4, 0.5) is 0 Å². The second-order valence-electron chi connectivity index (χ2n) is 4.66. The fourth-order valence-electron chi connectivity index (χ4n) is 2.02. The number of nitrogens with one attached hydrogen (secondary N) is 1. The minimum Gasteiger partial charge on any atom is -0.497 e. The fraction of sp³-hybridized carbons (Fsp3) is 0.125. The molecule has 1 aliphatic rings. The van der Waals surface area contributed by atoms with Crippen LogP contribution in [0, 0.1) is 0 Å². The average Bonchev–Trinajstić information content (AvgIpc) is 3.02.